The van der Waals surface area contributed by atoms with Gasteiger partial charge in [0.05, 0.1) is 24.9 Å². The van der Waals surface area contributed by atoms with Crippen molar-refractivity contribution in [3.63, 3.8) is 0 Å². The maximum absolute atomic E-state index is 10.1. The second-order valence-corrected chi connectivity index (χ2v) is 8.79. The third-order valence-corrected chi connectivity index (χ3v) is 6.61. The molecule has 0 amide bonds. The van der Waals surface area contributed by atoms with Gasteiger partial charge in [0.25, 0.3) is 0 Å². The molecule has 0 aliphatic carbocycles. The molecule has 3 atom stereocenters. The molecule has 1 saturated heterocycles. The van der Waals surface area contributed by atoms with Crippen LogP contribution in [0, 0.1) is 0 Å². The van der Waals surface area contributed by atoms with Crippen LogP contribution in [0.1, 0.15) is 34.9 Å². The largest absolute Gasteiger partial charge is 0.394 e. The lowest BCUT2D eigenvalue weighted by Gasteiger charge is -2.32. The molecule has 2 heterocycles. The Balaban J connectivity index is 1.54. The highest BCUT2D eigenvalue weighted by atomic mass is 35.5. The lowest BCUT2D eigenvalue weighted by molar-refractivity contribution is -0.113. The fourth-order valence-electron chi connectivity index (χ4n) is 3.67. The molecule has 3 nitrogen and oxygen atoms in total. The molecule has 0 bridgehead atoms. The minimum absolute atomic E-state index is 0.0779. The summed E-state index contributed by atoms with van der Waals surface area (Å²) in [5.41, 5.74) is 3.26. The normalized spacial score (nSPS) is 22.3. The van der Waals surface area contributed by atoms with E-state index in [0.29, 0.717) is 12.8 Å². The molecule has 1 aliphatic heterocycles. The zero-order valence-corrected chi connectivity index (χ0v) is 17.0. The van der Waals surface area contributed by atoms with Crippen molar-refractivity contribution < 1.29 is 14.9 Å². The van der Waals surface area contributed by atoms with Crippen molar-refractivity contribution in [2.75, 3.05) is 6.61 Å². The van der Waals surface area contributed by atoms with E-state index in [-0.39, 0.29) is 18.8 Å². The first-order valence-corrected chi connectivity index (χ1v) is 10.7. The summed E-state index contributed by atoms with van der Waals surface area (Å²) in [5, 5.41) is 20.2. The molecule has 5 heteroatoms. The molecule has 2 N–H and O–H groups in total. The Bertz CT molecular complexity index is 925. The van der Waals surface area contributed by atoms with E-state index in [1.54, 1.807) is 11.3 Å². The number of benzene rings is 2. The van der Waals surface area contributed by atoms with Gasteiger partial charge in [-0.3, -0.25) is 0 Å². The molecule has 2 aromatic carbocycles. The van der Waals surface area contributed by atoms with Gasteiger partial charge in [0.1, 0.15) is 0 Å². The summed E-state index contributed by atoms with van der Waals surface area (Å²) in [5.74, 6) is 0. The van der Waals surface area contributed by atoms with Gasteiger partial charge in [-0.15, -0.1) is 11.3 Å². The molecule has 3 aromatic rings. The van der Waals surface area contributed by atoms with Gasteiger partial charge < -0.3 is 14.9 Å². The molecule has 0 radical (unpaired) electrons. The number of hydrogen-bond donors (Lipinski definition) is 2. The predicted octanol–water partition coefficient (Wildman–Crippen LogP) is 5.23. The van der Waals surface area contributed by atoms with Crippen LogP contribution < -0.4 is 0 Å². The van der Waals surface area contributed by atoms with Crippen molar-refractivity contribution in [2.45, 2.75) is 37.6 Å². The van der Waals surface area contributed by atoms with Crippen molar-refractivity contribution in [1.29, 1.82) is 0 Å². The van der Waals surface area contributed by atoms with E-state index < -0.39 is 6.10 Å². The van der Waals surface area contributed by atoms with E-state index in [1.165, 1.54) is 15.3 Å². The fraction of sp³-hybridized carbons (Fsp3) is 0.304. The number of halogens is 1. The van der Waals surface area contributed by atoms with E-state index in [4.69, 9.17) is 16.3 Å². The highest BCUT2D eigenvalue weighted by Gasteiger charge is 2.29. The van der Waals surface area contributed by atoms with Crippen molar-refractivity contribution >= 4 is 22.9 Å². The van der Waals surface area contributed by atoms with Gasteiger partial charge >= 0.3 is 0 Å². The Morgan fingerprint density at radius 2 is 1.86 bits per heavy atom. The summed E-state index contributed by atoms with van der Waals surface area (Å²) in [6.45, 7) is -0.0779. The highest BCUT2D eigenvalue weighted by Crippen LogP contribution is 2.35. The molecule has 28 heavy (non-hydrogen) atoms. The Labute approximate surface area is 174 Å². The molecule has 0 spiro atoms. The molecule has 1 unspecified atom stereocenters. The molecular weight excluding hydrogens is 392 g/mol. The van der Waals surface area contributed by atoms with Crippen molar-refractivity contribution in [3.05, 3.63) is 81.7 Å². The topological polar surface area (TPSA) is 49.7 Å². The summed E-state index contributed by atoms with van der Waals surface area (Å²) in [4.78, 5) is 2.49. The van der Waals surface area contributed by atoms with Crippen molar-refractivity contribution in [1.82, 2.24) is 0 Å². The van der Waals surface area contributed by atoms with E-state index in [2.05, 4.69) is 30.3 Å². The zero-order chi connectivity index (χ0) is 19.5. The Morgan fingerprint density at radius 3 is 2.64 bits per heavy atom. The number of hydrogen-bond acceptors (Lipinski definition) is 4. The van der Waals surface area contributed by atoms with E-state index in [9.17, 15) is 10.2 Å². The van der Waals surface area contributed by atoms with E-state index in [1.807, 2.05) is 30.3 Å². The maximum Gasteiger partial charge on any atom is 0.0854 e. The van der Waals surface area contributed by atoms with Gasteiger partial charge in [-0.05, 0) is 34.9 Å². The SMILES string of the molecule is OCC1C[C@H](O)C[C@H](c2ccc(Cl)c(Cc3ccc(-c4ccccc4)s3)c2)O1. The third kappa shape index (κ3) is 4.48. The minimum atomic E-state index is -0.458. The van der Waals surface area contributed by atoms with Crippen LogP contribution in [0.5, 0.6) is 0 Å². The average Bonchev–Trinajstić information content (AvgIpc) is 3.18. The third-order valence-electron chi connectivity index (χ3n) is 5.11. The maximum atomic E-state index is 10.1. The Kier molecular flexibility index (Phi) is 6.14. The lowest BCUT2D eigenvalue weighted by Crippen LogP contribution is -2.33. The first-order chi connectivity index (χ1) is 13.6. The van der Waals surface area contributed by atoms with Crippen LogP contribution in [0.4, 0.5) is 0 Å². The first kappa shape index (κ1) is 19.6. The van der Waals surface area contributed by atoms with Crippen molar-refractivity contribution in [3.8, 4) is 10.4 Å². The second-order valence-electron chi connectivity index (χ2n) is 7.21. The molecular formula is C23H23ClO3S. The minimum Gasteiger partial charge on any atom is -0.394 e. The van der Waals surface area contributed by atoms with Crippen LogP contribution in [0.25, 0.3) is 10.4 Å². The van der Waals surface area contributed by atoms with E-state index >= 15 is 0 Å². The molecule has 4 rings (SSSR count). The van der Waals surface area contributed by atoms with Crippen LogP contribution in [0.15, 0.2) is 60.7 Å². The fourth-order valence-corrected chi connectivity index (χ4v) is 4.89. The van der Waals surface area contributed by atoms with Gasteiger partial charge in [-0.1, -0.05) is 54.1 Å². The first-order valence-electron chi connectivity index (χ1n) is 9.49. The Morgan fingerprint density at radius 1 is 1.04 bits per heavy atom. The summed E-state index contributed by atoms with van der Waals surface area (Å²) in [6, 6.07) is 20.6. The van der Waals surface area contributed by atoms with Crippen LogP contribution >= 0.6 is 22.9 Å². The number of aliphatic hydroxyl groups is 2. The molecule has 0 saturated carbocycles. The monoisotopic (exact) mass is 414 g/mol. The molecule has 1 aromatic heterocycles. The average molecular weight is 415 g/mol. The zero-order valence-electron chi connectivity index (χ0n) is 15.4. The summed E-state index contributed by atoms with van der Waals surface area (Å²) < 4.78 is 5.95. The highest BCUT2D eigenvalue weighted by molar-refractivity contribution is 7.15. The number of aliphatic hydroxyl groups excluding tert-OH is 2. The molecule has 1 fully saturated rings. The van der Waals surface area contributed by atoms with Gasteiger partial charge in [0.15, 0.2) is 0 Å². The summed E-state index contributed by atoms with van der Waals surface area (Å²) in [6.07, 6.45) is 0.766. The predicted molar refractivity (Wildman–Crippen MR) is 114 cm³/mol. The molecule has 146 valence electrons. The van der Waals surface area contributed by atoms with Crippen LogP contribution in [0.3, 0.4) is 0 Å². The quantitative estimate of drug-likeness (QED) is 0.600. The van der Waals surface area contributed by atoms with Gasteiger partial charge in [0.2, 0.25) is 0 Å². The number of thiophene rings is 1. The number of rotatable bonds is 5. The summed E-state index contributed by atoms with van der Waals surface area (Å²) in [7, 11) is 0. The van der Waals surface area contributed by atoms with Crippen LogP contribution in [0.2, 0.25) is 5.02 Å². The lowest BCUT2D eigenvalue weighted by atomic mass is 9.94. The number of ether oxygens (including phenoxy) is 1. The second kappa shape index (κ2) is 8.76. The van der Waals surface area contributed by atoms with E-state index in [0.717, 1.165) is 22.6 Å². The Hall–Kier alpha value is -1.69. The molecule has 1 aliphatic rings. The van der Waals surface area contributed by atoms with Gasteiger partial charge in [-0.2, -0.15) is 0 Å². The van der Waals surface area contributed by atoms with Crippen LogP contribution in [-0.4, -0.2) is 29.0 Å². The summed E-state index contributed by atoms with van der Waals surface area (Å²) >= 11 is 8.24. The standard InChI is InChI=1S/C23H23ClO3S/c24-21-8-6-16(22-13-18(26)12-19(14-25)27-22)10-17(21)11-20-7-9-23(28-20)15-4-2-1-3-5-15/h1-10,18-19,22,25-26H,11-14H2/t18-,19?,22+/m0/s1. The van der Waals surface area contributed by atoms with Crippen molar-refractivity contribution in [2.24, 2.45) is 0 Å². The smallest absolute Gasteiger partial charge is 0.0854 e. The van der Waals surface area contributed by atoms with Gasteiger partial charge in [0, 0.05) is 34.0 Å². The van der Waals surface area contributed by atoms with Crippen LogP contribution in [-0.2, 0) is 11.2 Å². The van der Waals surface area contributed by atoms with Gasteiger partial charge in [-0.25, -0.2) is 0 Å².